The predicted molar refractivity (Wildman–Crippen MR) is 95.6 cm³/mol. The Labute approximate surface area is 145 Å². The summed E-state index contributed by atoms with van der Waals surface area (Å²) in [5.74, 6) is 0.712. The van der Waals surface area contributed by atoms with Crippen molar-refractivity contribution < 1.29 is 9.53 Å². The van der Waals surface area contributed by atoms with E-state index in [4.69, 9.17) is 4.74 Å². The molecule has 3 heterocycles. The summed E-state index contributed by atoms with van der Waals surface area (Å²) >= 11 is 0. The minimum atomic E-state index is -0.0949. The lowest BCUT2D eigenvalue weighted by molar-refractivity contribution is -0.117. The van der Waals surface area contributed by atoms with Gasteiger partial charge in [0.25, 0.3) is 0 Å². The van der Waals surface area contributed by atoms with Gasteiger partial charge in [-0.15, -0.1) is 0 Å². The first-order chi connectivity index (χ1) is 12.3. The molecule has 1 aliphatic rings. The van der Waals surface area contributed by atoms with Crippen molar-refractivity contribution in [2.75, 3.05) is 11.9 Å². The van der Waals surface area contributed by atoms with Crippen LogP contribution in [0.15, 0.2) is 54.9 Å². The van der Waals surface area contributed by atoms with E-state index in [1.807, 2.05) is 59.3 Å². The molecule has 4 rings (SSSR count). The molecule has 1 saturated heterocycles. The Morgan fingerprint density at radius 2 is 2.28 bits per heavy atom. The number of nitrogens with one attached hydrogen (secondary N) is 2. The molecule has 0 spiro atoms. The third-order valence-electron chi connectivity index (χ3n) is 4.28. The molecule has 25 heavy (non-hydrogen) atoms. The highest BCUT2D eigenvalue weighted by molar-refractivity contribution is 5.95. The molecule has 6 heteroatoms. The molecule has 1 unspecified atom stereocenters. The second kappa shape index (κ2) is 6.94. The fourth-order valence-corrected chi connectivity index (χ4v) is 3.02. The molecule has 128 valence electrons. The highest BCUT2D eigenvalue weighted by Gasteiger charge is 2.21. The summed E-state index contributed by atoms with van der Waals surface area (Å²) in [6.07, 6.45) is 5.84. The SMILES string of the molecule is O=C(Nc1cccc(OCc2cn3ccccc3n2)c1)C1CCCN1. The number of carbonyl (C=O) groups excluding carboxylic acids is 1. The Bertz CT molecular complexity index is 851. The molecular weight excluding hydrogens is 316 g/mol. The monoisotopic (exact) mass is 336 g/mol. The van der Waals surface area contributed by atoms with Gasteiger partial charge in [0.2, 0.25) is 5.91 Å². The molecular formula is C19H20N4O2. The van der Waals surface area contributed by atoms with Crippen LogP contribution in [0.25, 0.3) is 5.65 Å². The van der Waals surface area contributed by atoms with Crippen LogP contribution in [-0.2, 0) is 11.4 Å². The minimum absolute atomic E-state index is 0.00926. The molecule has 1 fully saturated rings. The minimum Gasteiger partial charge on any atom is -0.487 e. The molecule has 6 nitrogen and oxygen atoms in total. The standard InChI is InChI=1S/C19H20N4O2/c24-19(17-7-4-9-20-17)22-14-5-3-6-16(11-14)25-13-15-12-23-10-2-1-8-18(23)21-15/h1-3,5-6,8,10-12,17,20H,4,7,9,13H2,(H,22,24). The molecule has 0 radical (unpaired) electrons. The van der Waals surface area contributed by atoms with Crippen LogP contribution < -0.4 is 15.4 Å². The van der Waals surface area contributed by atoms with Gasteiger partial charge in [0.15, 0.2) is 0 Å². The van der Waals surface area contributed by atoms with Crippen molar-refractivity contribution in [3.63, 3.8) is 0 Å². The van der Waals surface area contributed by atoms with E-state index in [0.717, 1.165) is 36.4 Å². The lowest BCUT2D eigenvalue weighted by Gasteiger charge is -2.12. The molecule has 1 amide bonds. The number of nitrogens with zero attached hydrogens (tertiary/aromatic N) is 2. The molecule has 1 aromatic carbocycles. The van der Waals surface area contributed by atoms with Gasteiger partial charge in [0, 0.05) is 24.1 Å². The fraction of sp³-hybridized carbons (Fsp3) is 0.263. The Morgan fingerprint density at radius 1 is 1.32 bits per heavy atom. The number of aromatic nitrogens is 2. The Balaban J connectivity index is 1.39. The number of benzene rings is 1. The van der Waals surface area contributed by atoms with Crippen molar-refractivity contribution >= 4 is 17.2 Å². The summed E-state index contributed by atoms with van der Waals surface area (Å²) in [5, 5.41) is 6.14. The van der Waals surface area contributed by atoms with E-state index >= 15 is 0 Å². The number of imidazole rings is 1. The first-order valence-corrected chi connectivity index (χ1v) is 8.48. The summed E-state index contributed by atoms with van der Waals surface area (Å²) in [4.78, 5) is 16.7. The number of carbonyl (C=O) groups is 1. The summed E-state index contributed by atoms with van der Waals surface area (Å²) in [6, 6.07) is 13.2. The highest BCUT2D eigenvalue weighted by Crippen LogP contribution is 2.19. The normalized spacial score (nSPS) is 16.9. The molecule has 0 bridgehead atoms. The molecule has 2 N–H and O–H groups in total. The van der Waals surface area contributed by atoms with Crippen LogP contribution in [0.3, 0.4) is 0 Å². The van der Waals surface area contributed by atoms with Crippen molar-refractivity contribution in [1.82, 2.24) is 14.7 Å². The average molecular weight is 336 g/mol. The van der Waals surface area contributed by atoms with Crippen LogP contribution in [0.1, 0.15) is 18.5 Å². The summed E-state index contributed by atoms with van der Waals surface area (Å²) in [6.45, 7) is 1.28. The van der Waals surface area contributed by atoms with E-state index in [-0.39, 0.29) is 11.9 Å². The molecule has 1 atom stereocenters. The van der Waals surface area contributed by atoms with Crippen LogP contribution in [0.5, 0.6) is 5.75 Å². The van der Waals surface area contributed by atoms with Gasteiger partial charge in [-0.05, 0) is 43.7 Å². The molecule has 0 aliphatic carbocycles. The maximum absolute atomic E-state index is 12.2. The van der Waals surface area contributed by atoms with Gasteiger partial charge in [0.05, 0.1) is 11.7 Å². The largest absolute Gasteiger partial charge is 0.487 e. The van der Waals surface area contributed by atoms with Gasteiger partial charge in [-0.3, -0.25) is 4.79 Å². The number of pyridine rings is 1. The summed E-state index contributed by atoms with van der Waals surface area (Å²) < 4.78 is 7.79. The smallest absolute Gasteiger partial charge is 0.241 e. The summed E-state index contributed by atoms with van der Waals surface area (Å²) in [5.41, 5.74) is 2.49. The Morgan fingerprint density at radius 3 is 3.12 bits per heavy atom. The molecule has 2 aromatic heterocycles. The third-order valence-corrected chi connectivity index (χ3v) is 4.28. The first-order valence-electron chi connectivity index (χ1n) is 8.48. The topological polar surface area (TPSA) is 67.7 Å². The number of hydrogen-bond acceptors (Lipinski definition) is 4. The van der Waals surface area contributed by atoms with E-state index in [1.165, 1.54) is 0 Å². The zero-order valence-corrected chi connectivity index (χ0v) is 13.8. The van der Waals surface area contributed by atoms with Crippen LogP contribution in [0.4, 0.5) is 5.69 Å². The second-order valence-corrected chi connectivity index (χ2v) is 6.15. The highest BCUT2D eigenvalue weighted by atomic mass is 16.5. The zero-order chi connectivity index (χ0) is 17.1. The van der Waals surface area contributed by atoms with E-state index < -0.39 is 0 Å². The van der Waals surface area contributed by atoms with Crippen LogP contribution in [0.2, 0.25) is 0 Å². The molecule has 3 aromatic rings. The van der Waals surface area contributed by atoms with E-state index in [9.17, 15) is 4.79 Å². The Hall–Kier alpha value is -2.86. The quantitative estimate of drug-likeness (QED) is 0.751. The van der Waals surface area contributed by atoms with Gasteiger partial charge in [-0.1, -0.05) is 12.1 Å². The van der Waals surface area contributed by atoms with E-state index in [1.54, 1.807) is 0 Å². The second-order valence-electron chi connectivity index (χ2n) is 6.15. The number of ether oxygens (including phenoxy) is 1. The Kier molecular flexibility index (Phi) is 4.35. The first kappa shape index (κ1) is 15.7. The predicted octanol–water partition coefficient (Wildman–Crippen LogP) is 2.60. The zero-order valence-electron chi connectivity index (χ0n) is 13.8. The molecule has 0 saturated carbocycles. The van der Waals surface area contributed by atoms with Crippen LogP contribution in [0, 0.1) is 0 Å². The molecule has 1 aliphatic heterocycles. The maximum Gasteiger partial charge on any atom is 0.241 e. The maximum atomic E-state index is 12.2. The van der Waals surface area contributed by atoms with Crippen molar-refractivity contribution in [2.45, 2.75) is 25.5 Å². The summed E-state index contributed by atoms with van der Waals surface area (Å²) in [7, 11) is 0. The lowest BCUT2D eigenvalue weighted by Crippen LogP contribution is -2.35. The van der Waals surface area contributed by atoms with Gasteiger partial charge < -0.3 is 19.8 Å². The fourth-order valence-electron chi connectivity index (χ4n) is 3.02. The van der Waals surface area contributed by atoms with Crippen molar-refractivity contribution in [3.05, 3.63) is 60.6 Å². The number of fused-ring (bicyclic) bond motifs is 1. The number of amides is 1. The third kappa shape index (κ3) is 3.64. The van der Waals surface area contributed by atoms with E-state index in [2.05, 4.69) is 15.6 Å². The number of rotatable bonds is 5. The van der Waals surface area contributed by atoms with Crippen molar-refractivity contribution in [2.24, 2.45) is 0 Å². The van der Waals surface area contributed by atoms with Gasteiger partial charge in [0.1, 0.15) is 18.0 Å². The van der Waals surface area contributed by atoms with Crippen molar-refractivity contribution in [3.8, 4) is 5.75 Å². The number of anilines is 1. The lowest BCUT2D eigenvalue weighted by atomic mass is 10.2. The average Bonchev–Trinajstić information content (AvgIpc) is 3.29. The van der Waals surface area contributed by atoms with Gasteiger partial charge in [-0.2, -0.15) is 0 Å². The van der Waals surface area contributed by atoms with Gasteiger partial charge >= 0.3 is 0 Å². The van der Waals surface area contributed by atoms with E-state index in [0.29, 0.717) is 12.4 Å². The van der Waals surface area contributed by atoms with Crippen molar-refractivity contribution in [1.29, 1.82) is 0 Å². The van der Waals surface area contributed by atoms with Crippen LogP contribution >= 0.6 is 0 Å². The van der Waals surface area contributed by atoms with Gasteiger partial charge in [-0.25, -0.2) is 4.98 Å². The van der Waals surface area contributed by atoms with Crippen LogP contribution in [-0.4, -0.2) is 27.9 Å². The number of hydrogen-bond donors (Lipinski definition) is 2.